The van der Waals surface area contributed by atoms with Gasteiger partial charge in [0.25, 0.3) is 5.91 Å². The number of hydrogen-bond acceptors (Lipinski definition) is 6. The normalized spacial score (nSPS) is 10.5. The maximum Gasteiger partial charge on any atom is 0.256 e. The molecular formula is C20H23N5O3. The predicted molar refractivity (Wildman–Crippen MR) is 104 cm³/mol. The minimum atomic E-state index is -0.144. The van der Waals surface area contributed by atoms with E-state index in [1.54, 1.807) is 48.8 Å². The molecular weight excluding hydrogens is 358 g/mol. The molecule has 0 saturated heterocycles. The van der Waals surface area contributed by atoms with E-state index in [2.05, 4.69) is 15.2 Å². The standard InChI is InChI=1S/C20H23N5O3/c1-4-24(11-12-28-19-8-5-15(2)14-21-19)20(26)17-13-16(27-3)6-7-18(17)25-22-9-10-23-25/h5-10,13-14H,4,11-12H2,1-3H3. The number of carbonyl (C=O) groups excluding carboxylic acids is 1. The van der Waals surface area contributed by atoms with Crippen molar-refractivity contribution < 1.29 is 14.3 Å². The summed E-state index contributed by atoms with van der Waals surface area (Å²) in [6.45, 7) is 5.19. The molecule has 2 heterocycles. The monoisotopic (exact) mass is 381 g/mol. The number of carbonyl (C=O) groups is 1. The van der Waals surface area contributed by atoms with Crippen LogP contribution < -0.4 is 9.47 Å². The summed E-state index contributed by atoms with van der Waals surface area (Å²) in [5, 5.41) is 8.28. The number of benzene rings is 1. The van der Waals surface area contributed by atoms with E-state index in [0.29, 0.717) is 42.6 Å². The van der Waals surface area contributed by atoms with E-state index in [9.17, 15) is 4.79 Å². The van der Waals surface area contributed by atoms with Crippen LogP contribution >= 0.6 is 0 Å². The van der Waals surface area contributed by atoms with Crippen molar-refractivity contribution in [1.82, 2.24) is 24.9 Å². The summed E-state index contributed by atoms with van der Waals surface area (Å²) in [5.41, 5.74) is 2.12. The molecule has 8 heteroatoms. The van der Waals surface area contributed by atoms with Crippen molar-refractivity contribution >= 4 is 5.91 Å². The SMILES string of the molecule is CCN(CCOc1ccc(C)cn1)C(=O)c1cc(OC)ccc1-n1nccn1. The molecule has 0 N–H and O–H groups in total. The summed E-state index contributed by atoms with van der Waals surface area (Å²) in [5.74, 6) is 0.987. The molecule has 0 aliphatic rings. The van der Waals surface area contributed by atoms with Crippen LogP contribution in [0.5, 0.6) is 11.6 Å². The second kappa shape index (κ2) is 8.98. The van der Waals surface area contributed by atoms with E-state index in [-0.39, 0.29) is 5.91 Å². The molecule has 1 aromatic carbocycles. The molecule has 0 unspecified atom stereocenters. The molecule has 0 aliphatic carbocycles. The maximum atomic E-state index is 13.2. The Bertz CT molecular complexity index is 910. The lowest BCUT2D eigenvalue weighted by molar-refractivity contribution is 0.0737. The molecule has 0 atom stereocenters. The zero-order valence-corrected chi connectivity index (χ0v) is 16.2. The highest BCUT2D eigenvalue weighted by atomic mass is 16.5. The van der Waals surface area contributed by atoms with Crippen molar-refractivity contribution in [3.05, 3.63) is 60.0 Å². The molecule has 3 aromatic rings. The van der Waals surface area contributed by atoms with Crippen molar-refractivity contribution in [2.45, 2.75) is 13.8 Å². The minimum absolute atomic E-state index is 0.144. The van der Waals surface area contributed by atoms with Crippen LogP contribution in [0.2, 0.25) is 0 Å². The number of amides is 1. The number of methoxy groups -OCH3 is 1. The van der Waals surface area contributed by atoms with Crippen LogP contribution in [0.3, 0.4) is 0 Å². The van der Waals surface area contributed by atoms with Gasteiger partial charge >= 0.3 is 0 Å². The molecule has 146 valence electrons. The first-order valence-corrected chi connectivity index (χ1v) is 9.02. The highest BCUT2D eigenvalue weighted by molar-refractivity contribution is 5.98. The van der Waals surface area contributed by atoms with Crippen LogP contribution in [0, 0.1) is 6.92 Å². The fourth-order valence-electron chi connectivity index (χ4n) is 2.70. The van der Waals surface area contributed by atoms with Gasteiger partial charge in [-0.3, -0.25) is 4.79 Å². The molecule has 28 heavy (non-hydrogen) atoms. The molecule has 8 nitrogen and oxygen atoms in total. The number of pyridine rings is 1. The van der Waals surface area contributed by atoms with Crippen molar-refractivity contribution in [2.75, 3.05) is 26.8 Å². The van der Waals surface area contributed by atoms with Gasteiger partial charge in [0.05, 0.1) is 37.3 Å². The van der Waals surface area contributed by atoms with E-state index in [0.717, 1.165) is 5.56 Å². The smallest absolute Gasteiger partial charge is 0.256 e. The molecule has 0 radical (unpaired) electrons. The Morgan fingerprint density at radius 1 is 1.18 bits per heavy atom. The van der Waals surface area contributed by atoms with Crippen LogP contribution in [0.25, 0.3) is 5.69 Å². The van der Waals surface area contributed by atoms with Gasteiger partial charge in [0.1, 0.15) is 12.4 Å². The quantitative estimate of drug-likeness (QED) is 0.596. The Morgan fingerprint density at radius 2 is 1.96 bits per heavy atom. The molecule has 1 amide bonds. The lowest BCUT2D eigenvalue weighted by atomic mass is 10.1. The molecule has 2 aromatic heterocycles. The van der Waals surface area contributed by atoms with E-state index in [4.69, 9.17) is 9.47 Å². The lowest BCUT2D eigenvalue weighted by Gasteiger charge is -2.22. The summed E-state index contributed by atoms with van der Waals surface area (Å²) < 4.78 is 11.0. The Labute approximate surface area is 163 Å². The summed E-state index contributed by atoms with van der Waals surface area (Å²) >= 11 is 0. The van der Waals surface area contributed by atoms with Gasteiger partial charge in [-0.1, -0.05) is 6.07 Å². The second-order valence-electron chi connectivity index (χ2n) is 6.11. The van der Waals surface area contributed by atoms with Crippen molar-refractivity contribution in [2.24, 2.45) is 0 Å². The highest BCUT2D eigenvalue weighted by Gasteiger charge is 2.20. The third kappa shape index (κ3) is 4.46. The van der Waals surface area contributed by atoms with Crippen LogP contribution in [-0.4, -0.2) is 57.6 Å². The number of nitrogens with zero attached hydrogens (tertiary/aromatic N) is 5. The van der Waals surface area contributed by atoms with E-state index >= 15 is 0 Å². The summed E-state index contributed by atoms with van der Waals surface area (Å²) in [4.78, 5) is 20.5. The van der Waals surface area contributed by atoms with Gasteiger partial charge in [-0.15, -0.1) is 0 Å². The van der Waals surface area contributed by atoms with Gasteiger partial charge in [-0.05, 0) is 37.6 Å². The number of aryl methyl sites for hydroxylation is 1. The van der Waals surface area contributed by atoms with Crippen molar-refractivity contribution in [1.29, 1.82) is 0 Å². The third-order valence-corrected chi connectivity index (χ3v) is 4.23. The third-order valence-electron chi connectivity index (χ3n) is 4.23. The summed E-state index contributed by atoms with van der Waals surface area (Å²) in [6, 6.07) is 9.00. The van der Waals surface area contributed by atoms with Crippen molar-refractivity contribution in [3.63, 3.8) is 0 Å². The zero-order valence-electron chi connectivity index (χ0n) is 16.2. The van der Waals surface area contributed by atoms with Gasteiger partial charge in [0.15, 0.2) is 0 Å². The fraction of sp³-hybridized carbons (Fsp3) is 0.300. The topological polar surface area (TPSA) is 82.4 Å². The van der Waals surface area contributed by atoms with Gasteiger partial charge < -0.3 is 14.4 Å². The van der Waals surface area contributed by atoms with Crippen LogP contribution in [0.4, 0.5) is 0 Å². The van der Waals surface area contributed by atoms with Crippen LogP contribution in [0.15, 0.2) is 48.9 Å². The number of rotatable bonds is 8. The largest absolute Gasteiger partial charge is 0.497 e. The molecule has 0 fully saturated rings. The first-order valence-electron chi connectivity index (χ1n) is 9.02. The number of hydrogen-bond donors (Lipinski definition) is 0. The highest BCUT2D eigenvalue weighted by Crippen LogP contribution is 2.22. The molecule has 0 spiro atoms. The second-order valence-corrected chi connectivity index (χ2v) is 6.11. The average Bonchev–Trinajstić information content (AvgIpc) is 3.26. The van der Waals surface area contributed by atoms with Gasteiger partial charge in [-0.25, -0.2) is 4.98 Å². The predicted octanol–water partition coefficient (Wildman–Crippen LogP) is 2.52. The number of ether oxygens (including phenoxy) is 2. The van der Waals surface area contributed by atoms with Gasteiger partial charge in [0, 0.05) is 18.8 Å². The Balaban J connectivity index is 1.75. The van der Waals surface area contributed by atoms with E-state index < -0.39 is 0 Å². The van der Waals surface area contributed by atoms with Gasteiger partial charge in [-0.2, -0.15) is 15.0 Å². The molecule has 3 rings (SSSR count). The Hall–Kier alpha value is -3.42. The first kappa shape index (κ1) is 19.3. The minimum Gasteiger partial charge on any atom is -0.497 e. The number of aromatic nitrogens is 4. The molecule has 0 bridgehead atoms. The lowest BCUT2D eigenvalue weighted by Crippen LogP contribution is -2.35. The van der Waals surface area contributed by atoms with Crippen LogP contribution in [0.1, 0.15) is 22.8 Å². The zero-order chi connectivity index (χ0) is 19.9. The first-order chi connectivity index (χ1) is 13.6. The van der Waals surface area contributed by atoms with E-state index in [1.165, 1.54) is 4.80 Å². The van der Waals surface area contributed by atoms with Crippen LogP contribution in [-0.2, 0) is 0 Å². The number of likely N-dealkylation sites (N-methyl/N-ethyl adjacent to an activating group) is 1. The molecule has 0 aliphatic heterocycles. The fourth-order valence-corrected chi connectivity index (χ4v) is 2.70. The molecule has 0 saturated carbocycles. The maximum absolute atomic E-state index is 13.2. The van der Waals surface area contributed by atoms with Crippen molar-refractivity contribution in [3.8, 4) is 17.3 Å². The van der Waals surface area contributed by atoms with E-state index in [1.807, 2.05) is 26.0 Å². The Kier molecular flexibility index (Phi) is 6.21. The average molecular weight is 381 g/mol. The van der Waals surface area contributed by atoms with Gasteiger partial charge in [0.2, 0.25) is 5.88 Å². The summed E-state index contributed by atoms with van der Waals surface area (Å²) in [6.07, 6.45) is 4.88. The summed E-state index contributed by atoms with van der Waals surface area (Å²) in [7, 11) is 1.56. The Morgan fingerprint density at radius 3 is 2.61 bits per heavy atom.